The molecule has 1 atom stereocenters. The van der Waals surface area contributed by atoms with Crippen LogP contribution in [0.2, 0.25) is 0 Å². The van der Waals surface area contributed by atoms with E-state index in [1.165, 1.54) is 44.1 Å². The minimum absolute atomic E-state index is 0.272. The zero-order valence-corrected chi connectivity index (χ0v) is 11.4. The average molecular weight is 248 g/mol. The summed E-state index contributed by atoms with van der Waals surface area (Å²) in [6.45, 7) is 0.899. The minimum Gasteiger partial charge on any atom is -0.497 e. The summed E-state index contributed by atoms with van der Waals surface area (Å²) in [6.07, 6.45) is 9.31. The van der Waals surface area contributed by atoms with Crippen molar-refractivity contribution in [1.29, 1.82) is 0 Å². The Balaban J connectivity index is 1.97. The van der Waals surface area contributed by atoms with Crippen LogP contribution in [0.4, 0.5) is 0 Å². The lowest BCUT2D eigenvalue weighted by Gasteiger charge is -2.20. The van der Waals surface area contributed by atoms with Crippen LogP contribution in [0, 0.1) is 0 Å². The van der Waals surface area contributed by atoms with Crippen LogP contribution in [-0.2, 0) is 4.74 Å². The lowest BCUT2D eigenvalue weighted by Crippen LogP contribution is -2.07. The van der Waals surface area contributed by atoms with E-state index in [1.807, 2.05) is 12.1 Å². The molecular formula is C16H24O2. The third kappa shape index (κ3) is 4.02. The summed E-state index contributed by atoms with van der Waals surface area (Å²) < 4.78 is 11.2. The van der Waals surface area contributed by atoms with Gasteiger partial charge >= 0.3 is 0 Å². The van der Waals surface area contributed by atoms with E-state index in [2.05, 4.69) is 12.1 Å². The molecule has 1 aliphatic rings. The van der Waals surface area contributed by atoms with Gasteiger partial charge in [0.25, 0.3) is 0 Å². The fourth-order valence-corrected chi connectivity index (χ4v) is 2.53. The summed E-state index contributed by atoms with van der Waals surface area (Å²) in [5.41, 5.74) is 1.29. The van der Waals surface area contributed by atoms with Gasteiger partial charge in [0.05, 0.1) is 13.2 Å². The first-order valence-corrected chi connectivity index (χ1v) is 7.16. The number of hydrogen-bond acceptors (Lipinski definition) is 2. The lowest BCUT2D eigenvalue weighted by atomic mass is 10.0. The number of methoxy groups -OCH3 is 1. The van der Waals surface area contributed by atoms with E-state index >= 15 is 0 Å². The van der Waals surface area contributed by atoms with E-state index < -0.39 is 0 Å². The fraction of sp³-hybridized carbons (Fsp3) is 0.625. The summed E-state index contributed by atoms with van der Waals surface area (Å²) in [6, 6.07) is 8.32. The van der Waals surface area contributed by atoms with Gasteiger partial charge in [-0.3, -0.25) is 0 Å². The summed E-state index contributed by atoms with van der Waals surface area (Å²) in [4.78, 5) is 0. The Morgan fingerprint density at radius 1 is 0.944 bits per heavy atom. The highest BCUT2D eigenvalue weighted by atomic mass is 16.5. The van der Waals surface area contributed by atoms with Gasteiger partial charge in [-0.05, 0) is 30.5 Å². The molecule has 2 nitrogen and oxygen atoms in total. The summed E-state index contributed by atoms with van der Waals surface area (Å²) in [5, 5.41) is 0. The van der Waals surface area contributed by atoms with E-state index in [0.29, 0.717) is 0 Å². The van der Waals surface area contributed by atoms with E-state index in [1.54, 1.807) is 7.11 Å². The van der Waals surface area contributed by atoms with Gasteiger partial charge in [-0.15, -0.1) is 0 Å². The molecule has 0 radical (unpaired) electrons. The standard InChI is InChI=1S/C16H24O2/c1-17-15-11-9-14(10-12-15)16-8-6-4-2-3-5-7-13-18-16/h9-12,16H,2-8,13H2,1H3. The molecule has 0 amide bonds. The molecule has 1 fully saturated rings. The lowest BCUT2D eigenvalue weighted by molar-refractivity contribution is 0.0400. The molecule has 0 N–H and O–H groups in total. The molecule has 1 aliphatic heterocycles. The van der Waals surface area contributed by atoms with E-state index in [0.717, 1.165) is 18.8 Å². The van der Waals surface area contributed by atoms with Crippen LogP contribution in [0.3, 0.4) is 0 Å². The maximum atomic E-state index is 6.04. The Morgan fingerprint density at radius 3 is 2.33 bits per heavy atom. The van der Waals surface area contributed by atoms with Gasteiger partial charge in [-0.1, -0.05) is 44.2 Å². The van der Waals surface area contributed by atoms with Crippen LogP contribution in [0.5, 0.6) is 5.75 Å². The van der Waals surface area contributed by atoms with Crippen molar-refractivity contribution in [2.75, 3.05) is 13.7 Å². The van der Waals surface area contributed by atoms with Gasteiger partial charge in [0, 0.05) is 6.61 Å². The number of rotatable bonds is 2. The summed E-state index contributed by atoms with van der Waals surface area (Å²) >= 11 is 0. The molecule has 2 heteroatoms. The highest BCUT2D eigenvalue weighted by Crippen LogP contribution is 2.27. The van der Waals surface area contributed by atoms with Crippen molar-refractivity contribution in [2.45, 2.75) is 51.0 Å². The molecule has 0 bridgehead atoms. The van der Waals surface area contributed by atoms with Crippen LogP contribution in [0.15, 0.2) is 24.3 Å². The Bertz CT molecular complexity index is 321. The van der Waals surface area contributed by atoms with Crippen LogP contribution >= 0.6 is 0 Å². The second kappa shape index (κ2) is 7.42. The van der Waals surface area contributed by atoms with Crippen molar-refractivity contribution in [1.82, 2.24) is 0 Å². The molecule has 1 aromatic carbocycles. The Hall–Kier alpha value is -1.02. The molecule has 0 saturated carbocycles. The molecule has 1 saturated heterocycles. The predicted molar refractivity (Wildman–Crippen MR) is 74.0 cm³/mol. The first-order valence-electron chi connectivity index (χ1n) is 7.16. The molecule has 1 unspecified atom stereocenters. The molecule has 0 aliphatic carbocycles. The first kappa shape index (κ1) is 13.4. The zero-order chi connectivity index (χ0) is 12.6. The Morgan fingerprint density at radius 2 is 1.61 bits per heavy atom. The third-order valence-corrected chi connectivity index (χ3v) is 3.67. The Kier molecular flexibility index (Phi) is 5.53. The minimum atomic E-state index is 0.272. The number of hydrogen-bond donors (Lipinski definition) is 0. The van der Waals surface area contributed by atoms with Gasteiger partial charge < -0.3 is 9.47 Å². The molecule has 2 rings (SSSR count). The second-order valence-electron chi connectivity index (χ2n) is 5.04. The highest BCUT2D eigenvalue weighted by molar-refractivity contribution is 5.28. The maximum absolute atomic E-state index is 6.04. The molecule has 1 aromatic rings. The van der Waals surface area contributed by atoms with Gasteiger partial charge in [-0.2, -0.15) is 0 Å². The predicted octanol–water partition coefficient (Wildman–Crippen LogP) is 4.50. The average Bonchev–Trinajstić information content (AvgIpc) is 2.45. The summed E-state index contributed by atoms with van der Waals surface area (Å²) in [5.74, 6) is 0.915. The van der Waals surface area contributed by atoms with E-state index in [9.17, 15) is 0 Å². The van der Waals surface area contributed by atoms with E-state index in [4.69, 9.17) is 9.47 Å². The number of ether oxygens (including phenoxy) is 2. The topological polar surface area (TPSA) is 18.5 Å². The normalized spacial score (nSPS) is 22.4. The quantitative estimate of drug-likeness (QED) is 0.767. The SMILES string of the molecule is COc1ccc(C2CCCCCCCCO2)cc1. The van der Waals surface area contributed by atoms with Gasteiger partial charge in [0.15, 0.2) is 0 Å². The smallest absolute Gasteiger partial charge is 0.118 e. The van der Waals surface area contributed by atoms with Crippen molar-refractivity contribution in [3.63, 3.8) is 0 Å². The molecule has 1 heterocycles. The van der Waals surface area contributed by atoms with Gasteiger partial charge in [0.1, 0.15) is 5.75 Å². The molecule has 0 spiro atoms. The maximum Gasteiger partial charge on any atom is 0.118 e. The Labute approximate surface area is 110 Å². The van der Waals surface area contributed by atoms with Crippen LogP contribution in [-0.4, -0.2) is 13.7 Å². The second-order valence-corrected chi connectivity index (χ2v) is 5.04. The van der Waals surface area contributed by atoms with E-state index in [-0.39, 0.29) is 6.10 Å². The van der Waals surface area contributed by atoms with Gasteiger partial charge in [-0.25, -0.2) is 0 Å². The van der Waals surface area contributed by atoms with Crippen molar-refractivity contribution in [3.05, 3.63) is 29.8 Å². The zero-order valence-electron chi connectivity index (χ0n) is 11.4. The third-order valence-electron chi connectivity index (χ3n) is 3.67. The van der Waals surface area contributed by atoms with Crippen LogP contribution < -0.4 is 4.74 Å². The van der Waals surface area contributed by atoms with Crippen molar-refractivity contribution in [2.24, 2.45) is 0 Å². The fourth-order valence-electron chi connectivity index (χ4n) is 2.53. The summed E-state index contributed by atoms with van der Waals surface area (Å²) in [7, 11) is 1.70. The van der Waals surface area contributed by atoms with Crippen molar-refractivity contribution < 1.29 is 9.47 Å². The van der Waals surface area contributed by atoms with Crippen molar-refractivity contribution in [3.8, 4) is 5.75 Å². The van der Waals surface area contributed by atoms with Crippen molar-refractivity contribution >= 4 is 0 Å². The van der Waals surface area contributed by atoms with Crippen LogP contribution in [0.25, 0.3) is 0 Å². The monoisotopic (exact) mass is 248 g/mol. The largest absolute Gasteiger partial charge is 0.497 e. The molecule has 100 valence electrons. The molecule has 18 heavy (non-hydrogen) atoms. The first-order chi connectivity index (χ1) is 8.90. The molecule has 0 aromatic heterocycles. The number of benzene rings is 1. The highest BCUT2D eigenvalue weighted by Gasteiger charge is 2.12. The van der Waals surface area contributed by atoms with Crippen LogP contribution in [0.1, 0.15) is 56.6 Å². The van der Waals surface area contributed by atoms with Gasteiger partial charge in [0.2, 0.25) is 0 Å². The molecular weight excluding hydrogens is 224 g/mol.